The van der Waals surface area contributed by atoms with E-state index in [0.717, 1.165) is 0 Å². The molecule has 1 aromatic carbocycles. The predicted molar refractivity (Wildman–Crippen MR) is 54.8 cm³/mol. The van der Waals surface area contributed by atoms with Gasteiger partial charge in [-0.25, -0.2) is 4.39 Å². The Morgan fingerprint density at radius 2 is 2.15 bits per heavy atom. The lowest BCUT2D eigenvalue weighted by Crippen LogP contribution is -2.05. The maximum Gasteiger partial charge on any atom is 0.177 e. The zero-order valence-electron chi connectivity index (χ0n) is 6.48. The van der Waals surface area contributed by atoms with Crippen molar-refractivity contribution in [3.05, 3.63) is 33.5 Å². The van der Waals surface area contributed by atoms with Crippen molar-refractivity contribution in [3.63, 3.8) is 0 Å². The smallest absolute Gasteiger partial charge is 0.177 e. The average Bonchev–Trinajstić information content (AvgIpc) is 2.32. The van der Waals surface area contributed by atoms with Gasteiger partial charge in [0.15, 0.2) is 5.78 Å². The van der Waals surface area contributed by atoms with Crippen LogP contribution < -0.4 is 0 Å². The maximum absolute atomic E-state index is 13.3. The first-order valence-electron chi connectivity index (χ1n) is 3.76. The van der Waals surface area contributed by atoms with Crippen LogP contribution >= 0.6 is 31.9 Å². The van der Waals surface area contributed by atoms with E-state index in [-0.39, 0.29) is 16.4 Å². The Morgan fingerprint density at radius 1 is 1.46 bits per heavy atom. The number of carbonyl (C=O) groups excluding carboxylic acids is 1. The molecule has 68 valence electrons. The van der Waals surface area contributed by atoms with Crippen molar-refractivity contribution in [2.75, 3.05) is 0 Å². The molecule has 1 aromatic rings. The molecule has 0 fully saturated rings. The number of Topliss-reactive ketones (excluding diaryl/α,β-unsaturated/α-hetero) is 1. The van der Waals surface area contributed by atoms with Crippen molar-refractivity contribution >= 4 is 37.6 Å². The zero-order chi connectivity index (χ0) is 9.59. The average molecular weight is 308 g/mol. The Bertz CT molecular complexity index is 389. The SMILES string of the molecule is O=C1c2cc(Br)cc(F)c2CC1Br. The summed E-state index contributed by atoms with van der Waals surface area (Å²) in [6.07, 6.45) is 0.452. The van der Waals surface area contributed by atoms with E-state index in [9.17, 15) is 9.18 Å². The van der Waals surface area contributed by atoms with Crippen molar-refractivity contribution in [2.24, 2.45) is 0 Å². The lowest BCUT2D eigenvalue weighted by molar-refractivity contribution is 0.100. The molecule has 1 atom stereocenters. The van der Waals surface area contributed by atoms with Gasteiger partial charge in [0, 0.05) is 15.6 Å². The molecule has 1 aliphatic rings. The number of halogens is 3. The van der Waals surface area contributed by atoms with Crippen LogP contribution in [0.4, 0.5) is 4.39 Å². The quantitative estimate of drug-likeness (QED) is 0.673. The maximum atomic E-state index is 13.3. The van der Waals surface area contributed by atoms with Gasteiger partial charge >= 0.3 is 0 Å². The number of fused-ring (bicyclic) bond motifs is 1. The van der Waals surface area contributed by atoms with Gasteiger partial charge in [-0.1, -0.05) is 31.9 Å². The van der Waals surface area contributed by atoms with E-state index < -0.39 is 0 Å². The molecule has 0 aromatic heterocycles. The second-order valence-corrected chi connectivity index (χ2v) is 4.97. The molecule has 0 aliphatic heterocycles. The second kappa shape index (κ2) is 3.17. The lowest BCUT2D eigenvalue weighted by Gasteiger charge is -1.99. The van der Waals surface area contributed by atoms with Gasteiger partial charge in [-0.15, -0.1) is 0 Å². The minimum absolute atomic E-state index is 0.0322. The summed E-state index contributed by atoms with van der Waals surface area (Å²) >= 11 is 6.37. The molecule has 4 heteroatoms. The summed E-state index contributed by atoms with van der Waals surface area (Å²) in [5.74, 6) is -0.338. The van der Waals surface area contributed by atoms with Gasteiger partial charge in [0.05, 0.1) is 4.83 Å². The fourth-order valence-corrected chi connectivity index (χ4v) is 2.47. The Kier molecular flexibility index (Phi) is 2.28. The van der Waals surface area contributed by atoms with E-state index in [1.165, 1.54) is 6.07 Å². The second-order valence-electron chi connectivity index (χ2n) is 2.95. The van der Waals surface area contributed by atoms with Gasteiger partial charge in [-0.2, -0.15) is 0 Å². The Labute approximate surface area is 91.6 Å². The number of carbonyl (C=O) groups is 1. The van der Waals surface area contributed by atoms with Crippen LogP contribution in [0, 0.1) is 5.82 Å². The predicted octanol–water partition coefficient (Wildman–Crippen LogP) is 3.09. The van der Waals surface area contributed by atoms with Crippen molar-refractivity contribution in [2.45, 2.75) is 11.2 Å². The van der Waals surface area contributed by atoms with Crippen LogP contribution in [0.5, 0.6) is 0 Å². The van der Waals surface area contributed by atoms with E-state index in [1.54, 1.807) is 6.07 Å². The number of hydrogen-bond donors (Lipinski definition) is 0. The molecule has 0 spiro atoms. The number of hydrogen-bond acceptors (Lipinski definition) is 1. The molecule has 0 amide bonds. The molecular weight excluding hydrogens is 303 g/mol. The van der Waals surface area contributed by atoms with Gasteiger partial charge in [-0.05, 0) is 18.6 Å². The van der Waals surface area contributed by atoms with Gasteiger partial charge in [-0.3, -0.25) is 4.79 Å². The molecule has 2 rings (SSSR count). The molecule has 0 heterocycles. The van der Waals surface area contributed by atoms with Crippen LogP contribution in [0.1, 0.15) is 15.9 Å². The molecule has 0 saturated carbocycles. The summed E-state index contributed by atoms with van der Waals surface area (Å²) in [6.45, 7) is 0. The highest BCUT2D eigenvalue weighted by molar-refractivity contribution is 9.10. The normalized spacial score (nSPS) is 20.5. The first-order valence-corrected chi connectivity index (χ1v) is 5.46. The summed E-state index contributed by atoms with van der Waals surface area (Å²) in [7, 11) is 0. The fraction of sp³-hybridized carbons (Fsp3) is 0.222. The number of benzene rings is 1. The van der Waals surface area contributed by atoms with Gasteiger partial charge in [0.2, 0.25) is 0 Å². The van der Waals surface area contributed by atoms with Crippen LogP contribution in [-0.4, -0.2) is 10.6 Å². The van der Waals surface area contributed by atoms with Crippen molar-refractivity contribution < 1.29 is 9.18 Å². The van der Waals surface area contributed by atoms with Crippen LogP contribution in [0.3, 0.4) is 0 Å². The third kappa shape index (κ3) is 1.46. The third-order valence-electron chi connectivity index (χ3n) is 2.09. The van der Waals surface area contributed by atoms with Crippen LogP contribution in [0.25, 0.3) is 0 Å². The molecule has 1 nitrogen and oxygen atoms in total. The summed E-state index contributed by atoms with van der Waals surface area (Å²) < 4.78 is 13.9. The van der Waals surface area contributed by atoms with E-state index >= 15 is 0 Å². The van der Waals surface area contributed by atoms with Crippen LogP contribution in [0.2, 0.25) is 0 Å². The number of rotatable bonds is 0. The monoisotopic (exact) mass is 306 g/mol. The fourth-order valence-electron chi connectivity index (χ4n) is 1.47. The highest BCUT2D eigenvalue weighted by atomic mass is 79.9. The molecule has 1 unspecified atom stereocenters. The summed E-state index contributed by atoms with van der Waals surface area (Å²) in [5, 5.41) is 0. The summed E-state index contributed by atoms with van der Waals surface area (Å²) in [6, 6.07) is 3.05. The third-order valence-corrected chi connectivity index (χ3v) is 3.29. The van der Waals surface area contributed by atoms with E-state index in [0.29, 0.717) is 22.0 Å². The highest BCUT2D eigenvalue weighted by Crippen LogP contribution is 2.31. The number of ketones is 1. The largest absolute Gasteiger partial charge is 0.293 e. The Balaban J connectivity index is 2.64. The van der Waals surface area contributed by atoms with E-state index in [4.69, 9.17) is 0 Å². The zero-order valence-corrected chi connectivity index (χ0v) is 9.65. The standard InChI is InChI=1S/C9H5Br2FO/c10-4-1-6-5(8(12)2-4)3-7(11)9(6)13/h1-2,7H,3H2. The molecular formula is C9H5Br2FO. The van der Waals surface area contributed by atoms with Crippen LogP contribution in [0.15, 0.2) is 16.6 Å². The molecule has 0 bridgehead atoms. The molecule has 1 aliphatic carbocycles. The Morgan fingerprint density at radius 3 is 2.85 bits per heavy atom. The first kappa shape index (κ1) is 9.34. The minimum Gasteiger partial charge on any atom is -0.293 e. The summed E-state index contributed by atoms with van der Waals surface area (Å²) in [4.78, 5) is 11.2. The first-order chi connectivity index (χ1) is 6.09. The van der Waals surface area contributed by atoms with Gasteiger partial charge in [0.25, 0.3) is 0 Å². The Hall–Kier alpha value is -0.220. The van der Waals surface area contributed by atoms with E-state index in [2.05, 4.69) is 31.9 Å². The van der Waals surface area contributed by atoms with E-state index in [1.807, 2.05) is 0 Å². The lowest BCUT2D eigenvalue weighted by atomic mass is 10.1. The molecule has 0 radical (unpaired) electrons. The van der Waals surface area contributed by atoms with Crippen LogP contribution in [-0.2, 0) is 6.42 Å². The minimum atomic E-state index is -0.306. The number of alkyl halides is 1. The van der Waals surface area contributed by atoms with Crippen molar-refractivity contribution in [3.8, 4) is 0 Å². The van der Waals surface area contributed by atoms with Crippen molar-refractivity contribution in [1.29, 1.82) is 0 Å². The summed E-state index contributed by atoms with van der Waals surface area (Å²) in [5.41, 5.74) is 1.02. The molecule has 0 saturated heterocycles. The van der Waals surface area contributed by atoms with Gasteiger partial charge in [0.1, 0.15) is 5.82 Å². The molecule has 0 N–H and O–H groups in total. The van der Waals surface area contributed by atoms with Gasteiger partial charge < -0.3 is 0 Å². The topological polar surface area (TPSA) is 17.1 Å². The van der Waals surface area contributed by atoms with Crippen molar-refractivity contribution in [1.82, 2.24) is 0 Å². The highest BCUT2D eigenvalue weighted by Gasteiger charge is 2.30. The molecule has 13 heavy (non-hydrogen) atoms.